The molecule has 178 valence electrons. The Hall–Kier alpha value is -2.96. The zero-order valence-corrected chi connectivity index (χ0v) is 20.8. The lowest BCUT2D eigenvalue weighted by molar-refractivity contribution is -0.119. The van der Waals surface area contributed by atoms with Crippen molar-refractivity contribution >= 4 is 69.3 Å². The molecule has 2 N–H and O–H groups in total. The van der Waals surface area contributed by atoms with Crippen LogP contribution in [-0.2, 0) is 9.08 Å². The van der Waals surface area contributed by atoms with Crippen molar-refractivity contribution in [2.24, 2.45) is 5.11 Å². The maximum atomic E-state index is 13.3. The average Bonchev–Trinajstić information content (AvgIpc) is 3.38. The molecule has 1 aliphatic heterocycles. The minimum Gasteiger partial charge on any atom is -0.506 e. The predicted octanol–water partition coefficient (Wildman–Crippen LogP) is 5.01. The van der Waals surface area contributed by atoms with E-state index in [0.717, 1.165) is 25.7 Å². The quantitative estimate of drug-likeness (QED) is 0.0868. The van der Waals surface area contributed by atoms with Crippen molar-refractivity contribution in [1.82, 2.24) is 4.98 Å². The van der Waals surface area contributed by atoms with Crippen molar-refractivity contribution in [1.29, 1.82) is 0 Å². The van der Waals surface area contributed by atoms with Gasteiger partial charge in [0.1, 0.15) is 29.5 Å². The van der Waals surface area contributed by atoms with E-state index in [0.29, 0.717) is 27.6 Å². The number of phenols is 1. The molecule has 2 heterocycles. The fourth-order valence-corrected chi connectivity index (χ4v) is 5.23. The lowest BCUT2D eigenvalue weighted by Gasteiger charge is -2.44. The molecule has 34 heavy (non-hydrogen) atoms. The minimum atomic E-state index is -0.780. The highest BCUT2D eigenvalue weighted by molar-refractivity contribution is 14.1. The van der Waals surface area contributed by atoms with Gasteiger partial charge >= 0.3 is 5.97 Å². The van der Waals surface area contributed by atoms with Crippen LogP contribution in [0.4, 0.5) is 23.0 Å². The molecule has 1 aliphatic carbocycles. The molecule has 0 bridgehead atoms. The number of fused-ring (bicyclic) bond motifs is 1. The number of hydrogen-bond donors (Lipinski definition) is 2. The van der Waals surface area contributed by atoms with E-state index in [1.165, 1.54) is 18.2 Å². The molecule has 1 amide bonds. The van der Waals surface area contributed by atoms with Gasteiger partial charge in [0.2, 0.25) is 0 Å². The first-order valence-electron chi connectivity index (χ1n) is 10.6. The Labute approximate surface area is 214 Å². The molecule has 0 radical (unpaired) electrons. The van der Waals surface area contributed by atoms with Crippen LogP contribution >= 0.6 is 34.5 Å². The van der Waals surface area contributed by atoms with Gasteiger partial charge in [0, 0.05) is 11.0 Å². The number of halogens is 2. The van der Waals surface area contributed by atoms with E-state index in [9.17, 15) is 14.7 Å². The molecule has 1 aromatic heterocycles. The number of azide groups is 1. The first-order valence-corrected chi connectivity index (χ1v) is 12.4. The fraction of sp³-hybridized carbons (Fsp3) is 0.381. The van der Waals surface area contributed by atoms with Crippen molar-refractivity contribution in [3.63, 3.8) is 0 Å². The van der Waals surface area contributed by atoms with Crippen LogP contribution in [0.5, 0.6) is 5.75 Å². The Bertz CT molecular complexity index is 1150. The highest BCUT2D eigenvalue weighted by atomic mass is 127. The van der Waals surface area contributed by atoms with Gasteiger partial charge in [0.25, 0.3) is 5.91 Å². The lowest BCUT2D eigenvalue weighted by atomic mass is 10.0. The summed E-state index contributed by atoms with van der Waals surface area (Å²) in [6, 6.07) is 7.20. The van der Waals surface area contributed by atoms with Crippen LogP contribution < -0.4 is 15.1 Å². The summed E-state index contributed by atoms with van der Waals surface area (Å²) in [4.78, 5) is 36.2. The third-order valence-electron chi connectivity index (χ3n) is 6.00. The van der Waals surface area contributed by atoms with Crippen molar-refractivity contribution in [2.45, 2.75) is 37.8 Å². The topological polar surface area (TPSA) is 144 Å². The van der Waals surface area contributed by atoms with Gasteiger partial charge in [-0.2, -0.15) is 0 Å². The standard InChI is InChI=1S/C21H21ClIN7O4/c22-34-21(33)12-5-6-14(17(31)9-12)26-18-8-7-15-19(27-18)30(13-3-1-2-4-13)16(10-25-28-24)20(32)29(15)11-23/h5-9,13,16,31H,1-4,10-11H2,(H,26,27)/t16-/m1/s1. The summed E-state index contributed by atoms with van der Waals surface area (Å²) in [5.41, 5.74) is 9.99. The monoisotopic (exact) mass is 597 g/mol. The molecule has 4 rings (SSSR count). The van der Waals surface area contributed by atoms with Gasteiger partial charge in [-0.1, -0.05) is 40.5 Å². The van der Waals surface area contributed by atoms with E-state index in [-0.39, 0.29) is 29.8 Å². The van der Waals surface area contributed by atoms with Gasteiger partial charge in [-0.05, 0) is 48.7 Å². The number of carbonyl (C=O) groups is 2. The maximum absolute atomic E-state index is 13.3. The van der Waals surface area contributed by atoms with Gasteiger partial charge < -0.3 is 19.6 Å². The van der Waals surface area contributed by atoms with E-state index in [4.69, 9.17) is 22.4 Å². The zero-order chi connectivity index (χ0) is 24.2. The largest absolute Gasteiger partial charge is 0.506 e. The number of aromatic hydroxyl groups is 1. The second kappa shape index (κ2) is 10.5. The van der Waals surface area contributed by atoms with Gasteiger partial charge in [-0.3, -0.25) is 9.69 Å². The number of rotatable bonds is 7. The van der Waals surface area contributed by atoms with Crippen LogP contribution in [0, 0.1) is 0 Å². The zero-order valence-electron chi connectivity index (χ0n) is 17.9. The summed E-state index contributed by atoms with van der Waals surface area (Å²) in [6.45, 7) is 0.0106. The van der Waals surface area contributed by atoms with Crippen LogP contribution in [0.25, 0.3) is 10.4 Å². The number of carbonyl (C=O) groups excluding carboxylic acids is 2. The summed E-state index contributed by atoms with van der Waals surface area (Å²) in [7, 11) is 0. The molecule has 0 unspecified atom stereocenters. The molecule has 2 aliphatic rings. The summed E-state index contributed by atoms with van der Waals surface area (Å²) in [6.07, 6.45) is 3.94. The number of benzene rings is 1. The second-order valence-electron chi connectivity index (χ2n) is 7.92. The Morgan fingerprint density at radius 3 is 2.76 bits per heavy atom. The average molecular weight is 598 g/mol. The van der Waals surface area contributed by atoms with E-state index < -0.39 is 12.0 Å². The molecule has 2 aromatic rings. The summed E-state index contributed by atoms with van der Waals surface area (Å²) in [5, 5.41) is 17.1. The summed E-state index contributed by atoms with van der Waals surface area (Å²) in [5.74, 6) is -0.0273. The van der Waals surface area contributed by atoms with Crippen LogP contribution in [0.2, 0.25) is 0 Å². The molecule has 1 atom stereocenters. The normalized spacial score (nSPS) is 17.8. The Morgan fingerprint density at radius 2 is 2.12 bits per heavy atom. The van der Waals surface area contributed by atoms with Crippen LogP contribution in [0.1, 0.15) is 36.0 Å². The maximum Gasteiger partial charge on any atom is 0.356 e. The van der Waals surface area contributed by atoms with Crippen molar-refractivity contribution < 1.29 is 19.0 Å². The smallest absolute Gasteiger partial charge is 0.356 e. The molecular formula is C21H21ClIN7O4. The van der Waals surface area contributed by atoms with Crippen LogP contribution in [-0.4, -0.2) is 45.1 Å². The van der Waals surface area contributed by atoms with E-state index in [1.54, 1.807) is 11.0 Å². The van der Waals surface area contributed by atoms with Crippen molar-refractivity contribution in [2.75, 3.05) is 26.2 Å². The molecular weight excluding hydrogens is 577 g/mol. The Kier molecular flexibility index (Phi) is 7.49. The van der Waals surface area contributed by atoms with Gasteiger partial charge in [0.05, 0.1) is 28.0 Å². The van der Waals surface area contributed by atoms with Crippen LogP contribution in [0.15, 0.2) is 35.4 Å². The number of aromatic nitrogens is 1. The number of alkyl halides is 1. The van der Waals surface area contributed by atoms with Gasteiger partial charge in [-0.25, -0.2) is 9.78 Å². The SMILES string of the molecule is [N-]=[N+]=NC[C@@H]1C(=O)N(CI)c2ccc(Nc3ccc(C(=O)OCl)cc3O)nc2N1C1CCCC1. The number of nitrogens with zero attached hydrogens (tertiary/aromatic N) is 6. The van der Waals surface area contributed by atoms with E-state index in [2.05, 4.69) is 42.2 Å². The number of phenolic OH excluding ortho intramolecular Hbond substituents is 1. The van der Waals surface area contributed by atoms with Gasteiger partial charge in [0.15, 0.2) is 5.82 Å². The first kappa shape index (κ1) is 24.2. The van der Waals surface area contributed by atoms with E-state index >= 15 is 0 Å². The second-order valence-corrected chi connectivity index (χ2v) is 8.76. The third kappa shape index (κ3) is 4.65. The molecule has 11 nitrogen and oxygen atoms in total. The number of amides is 1. The lowest BCUT2D eigenvalue weighted by Crippen LogP contribution is -2.57. The number of hydrogen-bond acceptors (Lipinski definition) is 8. The molecule has 1 aromatic carbocycles. The molecule has 0 saturated heterocycles. The fourth-order valence-electron chi connectivity index (χ4n) is 4.44. The number of nitrogens with one attached hydrogen (secondary N) is 1. The molecule has 1 fully saturated rings. The molecule has 1 saturated carbocycles. The third-order valence-corrected chi connectivity index (χ3v) is 6.82. The van der Waals surface area contributed by atoms with Crippen molar-refractivity contribution in [3.8, 4) is 5.75 Å². The van der Waals surface area contributed by atoms with Crippen molar-refractivity contribution in [3.05, 3.63) is 46.3 Å². The Morgan fingerprint density at radius 1 is 1.35 bits per heavy atom. The van der Waals surface area contributed by atoms with Crippen LogP contribution in [0.3, 0.4) is 0 Å². The highest BCUT2D eigenvalue weighted by Gasteiger charge is 2.42. The highest BCUT2D eigenvalue weighted by Crippen LogP contribution is 2.41. The Balaban J connectivity index is 1.73. The first-order chi connectivity index (χ1) is 16.5. The van der Waals surface area contributed by atoms with Gasteiger partial charge in [-0.15, -0.1) is 0 Å². The summed E-state index contributed by atoms with van der Waals surface area (Å²) >= 11 is 7.23. The minimum absolute atomic E-state index is 0.0106. The number of pyridine rings is 1. The molecule has 13 heteroatoms. The van der Waals surface area contributed by atoms with E-state index in [1.807, 2.05) is 11.0 Å². The number of anilines is 4. The molecule has 0 spiro atoms. The summed E-state index contributed by atoms with van der Waals surface area (Å²) < 4.78 is 4.58. The predicted molar refractivity (Wildman–Crippen MR) is 136 cm³/mol.